The minimum Gasteiger partial charge on any atom is -0.497 e. The molecule has 1 aromatic heterocycles. The minimum atomic E-state index is 0.00538. The highest BCUT2D eigenvalue weighted by Gasteiger charge is 2.16. The zero-order chi connectivity index (χ0) is 13.7. The number of benzene rings is 1. The number of aliphatic hydroxyl groups excluding tert-OH is 1. The van der Waals surface area contributed by atoms with Gasteiger partial charge in [-0.3, -0.25) is 4.90 Å². The zero-order valence-electron chi connectivity index (χ0n) is 11.2. The lowest BCUT2D eigenvalue weighted by Crippen LogP contribution is -2.26. The van der Waals surface area contributed by atoms with Crippen LogP contribution in [0.1, 0.15) is 17.2 Å². The summed E-state index contributed by atoms with van der Waals surface area (Å²) in [5.74, 6) is 0.834. The fourth-order valence-electron chi connectivity index (χ4n) is 2.11. The molecule has 0 spiro atoms. The Balaban J connectivity index is 2.09. The molecule has 0 amide bonds. The van der Waals surface area contributed by atoms with Gasteiger partial charge in [-0.05, 0) is 47.1 Å². The van der Waals surface area contributed by atoms with Crippen LogP contribution in [0.4, 0.5) is 0 Å². The lowest BCUT2D eigenvalue weighted by molar-refractivity contribution is 0.142. The number of thiophene rings is 1. The van der Waals surface area contributed by atoms with Crippen molar-refractivity contribution in [1.29, 1.82) is 0 Å². The normalized spacial score (nSPS) is 12.6. The highest BCUT2D eigenvalue weighted by molar-refractivity contribution is 7.07. The van der Waals surface area contributed by atoms with Crippen LogP contribution in [-0.2, 0) is 6.54 Å². The molecule has 0 aliphatic heterocycles. The van der Waals surface area contributed by atoms with E-state index in [0.29, 0.717) is 0 Å². The van der Waals surface area contributed by atoms with E-state index in [0.717, 1.165) is 17.9 Å². The summed E-state index contributed by atoms with van der Waals surface area (Å²) in [4.78, 5) is 2.16. The molecule has 1 aromatic carbocycles. The van der Waals surface area contributed by atoms with E-state index < -0.39 is 0 Å². The monoisotopic (exact) mass is 277 g/mol. The third-order valence-electron chi connectivity index (χ3n) is 3.22. The predicted molar refractivity (Wildman–Crippen MR) is 78.6 cm³/mol. The summed E-state index contributed by atoms with van der Waals surface area (Å²) < 4.78 is 5.15. The van der Waals surface area contributed by atoms with Crippen molar-refractivity contribution in [2.75, 3.05) is 20.8 Å². The molecule has 0 aliphatic rings. The molecule has 2 rings (SSSR count). The lowest BCUT2D eigenvalue weighted by Gasteiger charge is -2.26. The highest BCUT2D eigenvalue weighted by atomic mass is 32.1. The van der Waals surface area contributed by atoms with Crippen molar-refractivity contribution in [3.05, 3.63) is 52.2 Å². The molecule has 1 atom stereocenters. The van der Waals surface area contributed by atoms with Crippen molar-refractivity contribution in [3.63, 3.8) is 0 Å². The molecule has 3 nitrogen and oxygen atoms in total. The van der Waals surface area contributed by atoms with Gasteiger partial charge in [-0.1, -0.05) is 12.1 Å². The molecule has 0 fully saturated rings. The maximum absolute atomic E-state index is 9.63. The quantitative estimate of drug-likeness (QED) is 0.881. The first kappa shape index (κ1) is 14.1. The Morgan fingerprint density at radius 2 is 2.00 bits per heavy atom. The van der Waals surface area contributed by atoms with Gasteiger partial charge in [-0.15, -0.1) is 0 Å². The van der Waals surface area contributed by atoms with Gasteiger partial charge in [0, 0.05) is 6.54 Å². The van der Waals surface area contributed by atoms with Crippen molar-refractivity contribution in [2.45, 2.75) is 12.6 Å². The Bertz CT molecular complexity index is 481. The number of hydrogen-bond acceptors (Lipinski definition) is 4. The molecular weight excluding hydrogens is 258 g/mol. The van der Waals surface area contributed by atoms with Gasteiger partial charge in [0.2, 0.25) is 0 Å². The molecule has 1 N–H and O–H groups in total. The molecule has 4 heteroatoms. The van der Waals surface area contributed by atoms with Crippen LogP contribution in [0.3, 0.4) is 0 Å². The van der Waals surface area contributed by atoms with E-state index in [9.17, 15) is 5.11 Å². The molecule has 19 heavy (non-hydrogen) atoms. The van der Waals surface area contributed by atoms with Crippen molar-refractivity contribution >= 4 is 11.3 Å². The number of nitrogens with zero attached hydrogens (tertiary/aromatic N) is 1. The summed E-state index contributed by atoms with van der Waals surface area (Å²) in [6, 6.07) is 9.98. The molecule has 102 valence electrons. The summed E-state index contributed by atoms with van der Waals surface area (Å²) in [5, 5.41) is 13.8. The number of aliphatic hydroxyl groups is 1. The SMILES string of the molecule is COc1ccc(C(CO)N(C)Cc2ccsc2)cc1. The summed E-state index contributed by atoms with van der Waals surface area (Å²) in [6.07, 6.45) is 0. The van der Waals surface area contributed by atoms with Crippen molar-refractivity contribution in [3.8, 4) is 5.75 Å². The van der Waals surface area contributed by atoms with Crippen LogP contribution >= 0.6 is 11.3 Å². The van der Waals surface area contributed by atoms with Gasteiger partial charge < -0.3 is 9.84 Å². The molecular formula is C15H19NO2S. The van der Waals surface area contributed by atoms with E-state index in [2.05, 4.69) is 21.7 Å². The first-order valence-electron chi connectivity index (χ1n) is 6.20. The van der Waals surface area contributed by atoms with E-state index in [4.69, 9.17) is 4.74 Å². The molecule has 2 aromatic rings. The van der Waals surface area contributed by atoms with E-state index in [-0.39, 0.29) is 12.6 Å². The van der Waals surface area contributed by atoms with E-state index in [1.54, 1.807) is 18.4 Å². The molecule has 1 heterocycles. The van der Waals surface area contributed by atoms with Crippen LogP contribution in [0.15, 0.2) is 41.1 Å². The number of ether oxygens (including phenoxy) is 1. The Morgan fingerprint density at radius 3 is 2.53 bits per heavy atom. The summed E-state index contributed by atoms with van der Waals surface area (Å²) >= 11 is 1.70. The van der Waals surface area contributed by atoms with Gasteiger partial charge in [0.1, 0.15) is 5.75 Å². The van der Waals surface area contributed by atoms with Gasteiger partial charge in [-0.25, -0.2) is 0 Å². The smallest absolute Gasteiger partial charge is 0.118 e. The van der Waals surface area contributed by atoms with Gasteiger partial charge in [0.05, 0.1) is 19.8 Å². The second-order valence-electron chi connectivity index (χ2n) is 4.52. The summed E-state index contributed by atoms with van der Waals surface area (Å²) in [7, 11) is 3.68. The van der Waals surface area contributed by atoms with Gasteiger partial charge in [0.15, 0.2) is 0 Å². The average Bonchev–Trinajstić information content (AvgIpc) is 2.93. The first-order chi connectivity index (χ1) is 9.24. The van der Waals surface area contributed by atoms with Gasteiger partial charge >= 0.3 is 0 Å². The number of rotatable bonds is 6. The lowest BCUT2D eigenvalue weighted by atomic mass is 10.1. The van der Waals surface area contributed by atoms with Gasteiger partial charge in [0.25, 0.3) is 0 Å². The third kappa shape index (κ3) is 3.56. The highest BCUT2D eigenvalue weighted by Crippen LogP contribution is 2.23. The fraction of sp³-hybridized carbons (Fsp3) is 0.333. The molecule has 0 aliphatic carbocycles. The number of methoxy groups -OCH3 is 1. The topological polar surface area (TPSA) is 32.7 Å². The second-order valence-corrected chi connectivity index (χ2v) is 5.30. The first-order valence-corrected chi connectivity index (χ1v) is 7.15. The third-order valence-corrected chi connectivity index (χ3v) is 3.95. The predicted octanol–water partition coefficient (Wildman–Crippen LogP) is 2.92. The number of likely N-dealkylation sites (N-methyl/N-ethyl adjacent to an activating group) is 1. The standard InChI is InChI=1S/C15H19NO2S/c1-16(9-12-7-8-19-11-12)15(10-17)13-3-5-14(18-2)6-4-13/h3-8,11,15,17H,9-10H2,1-2H3. The maximum atomic E-state index is 9.63. The number of hydrogen-bond donors (Lipinski definition) is 1. The van der Waals surface area contributed by atoms with Crippen LogP contribution in [0.2, 0.25) is 0 Å². The Morgan fingerprint density at radius 1 is 1.26 bits per heavy atom. The molecule has 0 radical (unpaired) electrons. The second kappa shape index (κ2) is 6.70. The van der Waals surface area contributed by atoms with Gasteiger partial charge in [-0.2, -0.15) is 11.3 Å². The van der Waals surface area contributed by atoms with Crippen LogP contribution in [0.25, 0.3) is 0 Å². The van der Waals surface area contributed by atoms with E-state index in [1.807, 2.05) is 31.3 Å². The Kier molecular flexibility index (Phi) is 4.96. The molecule has 0 saturated carbocycles. The molecule has 1 unspecified atom stereocenters. The van der Waals surface area contributed by atoms with E-state index in [1.165, 1.54) is 5.56 Å². The van der Waals surface area contributed by atoms with Crippen LogP contribution in [-0.4, -0.2) is 30.8 Å². The van der Waals surface area contributed by atoms with Crippen molar-refractivity contribution in [1.82, 2.24) is 4.90 Å². The zero-order valence-corrected chi connectivity index (χ0v) is 12.1. The largest absolute Gasteiger partial charge is 0.497 e. The molecule has 0 saturated heterocycles. The summed E-state index contributed by atoms with van der Waals surface area (Å²) in [6.45, 7) is 0.938. The van der Waals surface area contributed by atoms with Crippen LogP contribution in [0, 0.1) is 0 Å². The minimum absolute atomic E-state index is 0.00538. The van der Waals surface area contributed by atoms with E-state index >= 15 is 0 Å². The van der Waals surface area contributed by atoms with Crippen molar-refractivity contribution in [2.24, 2.45) is 0 Å². The van der Waals surface area contributed by atoms with Crippen LogP contribution in [0.5, 0.6) is 5.75 Å². The molecule has 0 bridgehead atoms. The summed E-state index contributed by atoms with van der Waals surface area (Å²) in [5.41, 5.74) is 2.38. The maximum Gasteiger partial charge on any atom is 0.118 e. The average molecular weight is 277 g/mol. The Labute approximate surface area is 118 Å². The fourth-order valence-corrected chi connectivity index (χ4v) is 2.77. The Hall–Kier alpha value is -1.36. The van der Waals surface area contributed by atoms with Crippen LogP contribution < -0.4 is 4.74 Å². The van der Waals surface area contributed by atoms with Crippen molar-refractivity contribution < 1.29 is 9.84 Å².